The average Bonchev–Trinajstić information content (AvgIpc) is 2.44. The van der Waals surface area contributed by atoms with Crippen LogP contribution in [0.4, 0.5) is 11.4 Å². The van der Waals surface area contributed by atoms with Gasteiger partial charge in [-0.1, -0.05) is 24.3 Å². The molecular weight excluding hydrogens is 220 g/mol. The molecular formula is C16H22N2. The van der Waals surface area contributed by atoms with E-state index in [-0.39, 0.29) is 0 Å². The Morgan fingerprint density at radius 1 is 0.778 bits per heavy atom. The molecule has 0 unspecified atom stereocenters. The van der Waals surface area contributed by atoms with Gasteiger partial charge in [0.25, 0.3) is 0 Å². The monoisotopic (exact) mass is 242 g/mol. The lowest BCUT2D eigenvalue weighted by molar-refractivity contribution is 0.962. The molecule has 0 aromatic heterocycles. The first-order chi connectivity index (χ1) is 8.69. The molecule has 0 atom stereocenters. The molecule has 0 aliphatic carbocycles. The third kappa shape index (κ3) is 2.15. The van der Waals surface area contributed by atoms with Gasteiger partial charge in [-0.2, -0.15) is 0 Å². The molecule has 96 valence electrons. The first-order valence-electron chi connectivity index (χ1n) is 6.63. The zero-order valence-electron chi connectivity index (χ0n) is 11.8. The van der Waals surface area contributed by atoms with Crippen molar-refractivity contribution in [1.29, 1.82) is 0 Å². The third-order valence-corrected chi connectivity index (χ3v) is 3.63. The Labute approximate surface area is 110 Å². The molecule has 0 aliphatic heterocycles. The molecule has 0 amide bonds. The molecule has 0 saturated heterocycles. The Morgan fingerprint density at radius 3 is 1.61 bits per heavy atom. The summed E-state index contributed by atoms with van der Waals surface area (Å²) in [6, 6.07) is 13.1. The molecule has 0 spiro atoms. The van der Waals surface area contributed by atoms with Crippen molar-refractivity contribution in [3.63, 3.8) is 0 Å². The van der Waals surface area contributed by atoms with Gasteiger partial charge in [-0.15, -0.1) is 0 Å². The number of rotatable bonds is 4. The molecule has 0 heterocycles. The normalized spacial score (nSPS) is 10.7. The highest BCUT2D eigenvalue weighted by molar-refractivity contribution is 6.03. The molecule has 0 radical (unpaired) electrons. The highest BCUT2D eigenvalue weighted by Crippen LogP contribution is 2.34. The van der Waals surface area contributed by atoms with Crippen molar-refractivity contribution < 1.29 is 0 Å². The molecule has 0 bridgehead atoms. The topological polar surface area (TPSA) is 6.48 Å². The van der Waals surface area contributed by atoms with E-state index in [0.717, 1.165) is 13.1 Å². The maximum Gasteiger partial charge on any atom is 0.0464 e. The van der Waals surface area contributed by atoms with Crippen LogP contribution in [0.1, 0.15) is 13.8 Å². The van der Waals surface area contributed by atoms with Gasteiger partial charge >= 0.3 is 0 Å². The van der Waals surface area contributed by atoms with E-state index >= 15 is 0 Å². The van der Waals surface area contributed by atoms with E-state index in [9.17, 15) is 0 Å². The van der Waals surface area contributed by atoms with E-state index in [1.54, 1.807) is 0 Å². The molecule has 18 heavy (non-hydrogen) atoms. The first-order valence-corrected chi connectivity index (χ1v) is 6.63. The number of hydrogen-bond donors (Lipinski definition) is 0. The van der Waals surface area contributed by atoms with Gasteiger partial charge in [0, 0.05) is 43.9 Å². The molecule has 0 fully saturated rings. The van der Waals surface area contributed by atoms with Gasteiger partial charge in [-0.3, -0.25) is 0 Å². The van der Waals surface area contributed by atoms with Gasteiger partial charge in [-0.25, -0.2) is 0 Å². The fourth-order valence-corrected chi connectivity index (χ4v) is 2.28. The fourth-order valence-electron chi connectivity index (χ4n) is 2.28. The standard InChI is InChI=1S/C16H22N2/c1-5-17(3)14-11-7-9-13-10-8-12-15(16(13)14)18(4)6-2/h7-12H,5-6H2,1-4H3. The van der Waals surface area contributed by atoms with Crippen molar-refractivity contribution in [2.75, 3.05) is 37.0 Å². The van der Waals surface area contributed by atoms with Crippen LogP contribution < -0.4 is 9.80 Å². The molecule has 2 aromatic rings. The molecule has 2 aromatic carbocycles. The lowest BCUT2D eigenvalue weighted by atomic mass is 10.1. The minimum Gasteiger partial charge on any atom is -0.374 e. The van der Waals surface area contributed by atoms with E-state index in [4.69, 9.17) is 0 Å². The van der Waals surface area contributed by atoms with E-state index in [1.165, 1.54) is 22.1 Å². The number of anilines is 2. The summed E-state index contributed by atoms with van der Waals surface area (Å²) in [5.74, 6) is 0. The van der Waals surface area contributed by atoms with Crippen molar-refractivity contribution in [3.05, 3.63) is 36.4 Å². The molecule has 0 saturated carbocycles. The summed E-state index contributed by atoms with van der Waals surface area (Å²) in [5, 5.41) is 2.67. The number of nitrogens with zero attached hydrogens (tertiary/aromatic N) is 2. The molecule has 2 nitrogen and oxygen atoms in total. The molecule has 2 rings (SSSR count). The SMILES string of the molecule is CCN(C)c1cccc2cccc(N(C)CC)c12. The van der Waals surface area contributed by atoms with Crippen LogP contribution in [0.5, 0.6) is 0 Å². The summed E-state index contributed by atoms with van der Waals surface area (Å²) in [5.41, 5.74) is 2.62. The Hall–Kier alpha value is -1.70. The van der Waals surface area contributed by atoms with Gasteiger partial charge < -0.3 is 9.80 Å². The summed E-state index contributed by atoms with van der Waals surface area (Å²) >= 11 is 0. The molecule has 0 aliphatic rings. The number of fused-ring (bicyclic) bond motifs is 1. The number of hydrogen-bond acceptors (Lipinski definition) is 2. The highest BCUT2D eigenvalue weighted by atomic mass is 15.1. The van der Waals surface area contributed by atoms with E-state index in [1.807, 2.05) is 0 Å². The Balaban J connectivity index is 2.71. The van der Waals surface area contributed by atoms with Crippen molar-refractivity contribution >= 4 is 22.1 Å². The van der Waals surface area contributed by atoms with Gasteiger partial charge in [0.1, 0.15) is 0 Å². The number of benzene rings is 2. The summed E-state index contributed by atoms with van der Waals surface area (Å²) in [6.07, 6.45) is 0. The van der Waals surface area contributed by atoms with Crippen LogP contribution >= 0.6 is 0 Å². The minimum atomic E-state index is 1.02. The zero-order chi connectivity index (χ0) is 13.1. The van der Waals surface area contributed by atoms with Crippen LogP contribution in [-0.4, -0.2) is 27.2 Å². The third-order valence-electron chi connectivity index (χ3n) is 3.63. The van der Waals surface area contributed by atoms with Crippen LogP contribution in [0.25, 0.3) is 10.8 Å². The van der Waals surface area contributed by atoms with Gasteiger partial charge in [0.05, 0.1) is 0 Å². The van der Waals surface area contributed by atoms with Crippen molar-refractivity contribution in [3.8, 4) is 0 Å². The average molecular weight is 242 g/mol. The second-order valence-corrected chi connectivity index (χ2v) is 4.68. The van der Waals surface area contributed by atoms with E-state index in [2.05, 4.69) is 74.1 Å². The van der Waals surface area contributed by atoms with Crippen LogP contribution in [0.15, 0.2) is 36.4 Å². The Kier molecular flexibility index (Phi) is 3.75. The van der Waals surface area contributed by atoms with Crippen LogP contribution in [0.2, 0.25) is 0 Å². The van der Waals surface area contributed by atoms with Gasteiger partial charge in [-0.05, 0) is 31.4 Å². The molecule has 0 N–H and O–H groups in total. The lowest BCUT2D eigenvalue weighted by Crippen LogP contribution is -2.19. The Bertz CT molecular complexity index is 489. The second-order valence-electron chi connectivity index (χ2n) is 4.68. The zero-order valence-corrected chi connectivity index (χ0v) is 11.8. The quantitative estimate of drug-likeness (QED) is 0.805. The largest absolute Gasteiger partial charge is 0.374 e. The first kappa shape index (κ1) is 12.7. The maximum atomic E-state index is 2.30. The summed E-state index contributed by atoms with van der Waals surface area (Å²) in [7, 11) is 4.30. The predicted molar refractivity (Wildman–Crippen MR) is 81.8 cm³/mol. The van der Waals surface area contributed by atoms with Gasteiger partial charge in [0.15, 0.2) is 0 Å². The summed E-state index contributed by atoms with van der Waals surface area (Å²) in [4.78, 5) is 4.60. The smallest absolute Gasteiger partial charge is 0.0464 e. The van der Waals surface area contributed by atoms with Crippen LogP contribution in [0.3, 0.4) is 0 Å². The van der Waals surface area contributed by atoms with Crippen LogP contribution in [-0.2, 0) is 0 Å². The predicted octanol–water partition coefficient (Wildman–Crippen LogP) is 3.75. The van der Waals surface area contributed by atoms with Crippen molar-refractivity contribution in [2.45, 2.75) is 13.8 Å². The van der Waals surface area contributed by atoms with Crippen molar-refractivity contribution in [1.82, 2.24) is 0 Å². The van der Waals surface area contributed by atoms with Crippen molar-refractivity contribution in [2.24, 2.45) is 0 Å². The Morgan fingerprint density at radius 2 is 1.22 bits per heavy atom. The fraction of sp³-hybridized carbons (Fsp3) is 0.375. The summed E-state index contributed by atoms with van der Waals surface area (Å²) < 4.78 is 0. The van der Waals surface area contributed by atoms with Gasteiger partial charge in [0.2, 0.25) is 0 Å². The van der Waals surface area contributed by atoms with E-state index in [0.29, 0.717) is 0 Å². The lowest BCUT2D eigenvalue weighted by Gasteiger charge is -2.24. The highest BCUT2D eigenvalue weighted by Gasteiger charge is 2.10. The maximum absolute atomic E-state index is 2.30. The van der Waals surface area contributed by atoms with Crippen LogP contribution in [0, 0.1) is 0 Å². The molecule has 2 heteroatoms. The second kappa shape index (κ2) is 5.30. The van der Waals surface area contributed by atoms with E-state index < -0.39 is 0 Å². The summed E-state index contributed by atoms with van der Waals surface area (Å²) in [6.45, 7) is 6.41. The minimum absolute atomic E-state index is 1.02.